The van der Waals surface area contributed by atoms with Crippen LogP contribution in [0.5, 0.6) is 0 Å². The minimum atomic E-state index is 0.736. The van der Waals surface area contributed by atoms with E-state index in [0.29, 0.717) is 0 Å². The lowest BCUT2D eigenvalue weighted by Crippen LogP contribution is -2.40. The van der Waals surface area contributed by atoms with Crippen molar-refractivity contribution in [3.8, 4) is 0 Å². The monoisotopic (exact) mass is 226 g/mol. The van der Waals surface area contributed by atoms with Crippen LogP contribution in [0.2, 0.25) is 0 Å². The Morgan fingerprint density at radius 2 is 2.07 bits per heavy atom. The van der Waals surface area contributed by atoms with Crippen LogP contribution in [0.15, 0.2) is 0 Å². The normalized spacial score (nSPS) is 17.0. The number of aromatic nitrogens is 3. The number of aromatic amines is 1. The lowest BCUT2D eigenvalue weighted by atomic mass is 10.2. The molecule has 84 valence electrons. The average molecular weight is 226 g/mol. The molecule has 1 saturated heterocycles. The number of rotatable bonds is 3. The molecule has 2 rings (SSSR count). The first-order chi connectivity index (χ1) is 7.33. The third kappa shape index (κ3) is 2.22. The molecule has 0 spiro atoms. The molecular formula is C10H18N4S. The van der Waals surface area contributed by atoms with Gasteiger partial charge >= 0.3 is 0 Å². The third-order valence-electron chi connectivity index (χ3n) is 2.81. The van der Waals surface area contributed by atoms with Crippen LogP contribution in [0, 0.1) is 4.77 Å². The second kappa shape index (κ2) is 4.79. The maximum Gasteiger partial charge on any atom is 0.214 e. The van der Waals surface area contributed by atoms with Crippen molar-refractivity contribution in [3.05, 3.63) is 10.6 Å². The number of piperidine rings is 1. The number of nitrogens with one attached hydrogen (secondary N) is 1. The van der Waals surface area contributed by atoms with Crippen molar-refractivity contribution in [2.24, 2.45) is 0 Å². The van der Waals surface area contributed by atoms with Gasteiger partial charge in [-0.05, 0) is 37.9 Å². The molecule has 1 aliphatic rings. The zero-order valence-electron chi connectivity index (χ0n) is 9.20. The highest BCUT2D eigenvalue weighted by atomic mass is 32.1. The zero-order valence-corrected chi connectivity index (χ0v) is 10.0. The molecule has 0 atom stereocenters. The van der Waals surface area contributed by atoms with Gasteiger partial charge in [0, 0.05) is 19.5 Å². The summed E-state index contributed by atoms with van der Waals surface area (Å²) in [6, 6.07) is 0. The van der Waals surface area contributed by atoms with Crippen molar-refractivity contribution in [1.29, 1.82) is 0 Å². The van der Waals surface area contributed by atoms with Gasteiger partial charge in [-0.15, -0.1) is 0 Å². The summed E-state index contributed by atoms with van der Waals surface area (Å²) in [6.07, 6.45) is 5.96. The minimum Gasteiger partial charge on any atom is -0.309 e. The quantitative estimate of drug-likeness (QED) is 0.801. The van der Waals surface area contributed by atoms with Gasteiger partial charge < -0.3 is 5.01 Å². The Bertz CT molecular complexity index is 362. The van der Waals surface area contributed by atoms with Gasteiger partial charge in [-0.1, -0.05) is 6.92 Å². The van der Waals surface area contributed by atoms with Gasteiger partial charge in [0.05, 0.1) is 0 Å². The Hall–Kier alpha value is -0.840. The summed E-state index contributed by atoms with van der Waals surface area (Å²) in [5, 5.41) is 9.50. The zero-order chi connectivity index (χ0) is 10.7. The number of aryl methyl sites for hydroxylation is 1. The SMILES string of the molecule is CCCc1n[nH]c(=S)n1N1CCCCC1. The molecular weight excluding hydrogens is 208 g/mol. The van der Waals surface area contributed by atoms with Crippen molar-refractivity contribution in [3.63, 3.8) is 0 Å². The van der Waals surface area contributed by atoms with E-state index < -0.39 is 0 Å². The van der Waals surface area contributed by atoms with Crippen LogP contribution in [0.4, 0.5) is 0 Å². The Kier molecular flexibility index (Phi) is 3.41. The molecule has 2 heterocycles. The summed E-state index contributed by atoms with van der Waals surface area (Å²) in [5.74, 6) is 1.07. The van der Waals surface area contributed by atoms with E-state index in [1.807, 2.05) is 0 Å². The first-order valence-corrected chi connectivity index (χ1v) is 6.15. The van der Waals surface area contributed by atoms with E-state index in [-0.39, 0.29) is 0 Å². The molecule has 0 aliphatic carbocycles. The third-order valence-corrected chi connectivity index (χ3v) is 3.07. The van der Waals surface area contributed by atoms with E-state index in [9.17, 15) is 0 Å². The second-order valence-corrected chi connectivity index (χ2v) is 4.41. The molecule has 1 aliphatic heterocycles. The molecule has 0 unspecified atom stereocenters. The van der Waals surface area contributed by atoms with E-state index in [2.05, 4.69) is 26.8 Å². The Morgan fingerprint density at radius 1 is 1.33 bits per heavy atom. The first-order valence-electron chi connectivity index (χ1n) is 5.74. The molecule has 0 amide bonds. The molecule has 5 heteroatoms. The van der Waals surface area contributed by atoms with Crippen molar-refractivity contribution in [1.82, 2.24) is 14.9 Å². The minimum absolute atomic E-state index is 0.736. The second-order valence-electron chi connectivity index (χ2n) is 4.02. The van der Waals surface area contributed by atoms with Crippen LogP contribution >= 0.6 is 12.2 Å². The summed E-state index contributed by atoms with van der Waals surface area (Å²) in [7, 11) is 0. The topological polar surface area (TPSA) is 36.9 Å². The average Bonchev–Trinajstić information content (AvgIpc) is 2.62. The summed E-state index contributed by atoms with van der Waals surface area (Å²) < 4.78 is 2.83. The largest absolute Gasteiger partial charge is 0.309 e. The number of nitrogens with zero attached hydrogens (tertiary/aromatic N) is 3. The summed E-state index contributed by atoms with van der Waals surface area (Å²) in [5.41, 5.74) is 0. The van der Waals surface area contributed by atoms with Gasteiger partial charge in [0.1, 0.15) is 0 Å². The summed E-state index contributed by atoms with van der Waals surface area (Å²) in [6.45, 7) is 4.37. The van der Waals surface area contributed by atoms with Gasteiger partial charge in [-0.2, -0.15) is 5.10 Å². The molecule has 1 aromatic heterocycles. The summed E-state index contributed by atoms with van der Waals surface area (Å²) >= 11 is 5.27. The summed E-state index contributed by atoms with van der Waals surface area (Å²) in [4.78, 5) is 0. The lowest BCUT2D eigenvalue weighted by molar-refractivity contribution is 0.463. The number of hydrogen-bond acceptors (Lipinski definition) is 3. The predicted octanol–water partition coefficient (Wildman–Crippen LogP) is 2.02. The Balaban J connectivity index is 2.24. The lowest BCUT2D eigenvalue weighted by Gasteiger charge is -2.30. The highest BCUT2D eigenvalue weighted by molar-refractivity contribution is 7.71. The molecule has 15 heavy (non-hydrogen) atoms. The molecule has 1 N–H and O–H groups in total. The fourth-order valence-corrected chi connectivity index (χ4v) is 2.35. The van der Waals surface area contributed by atoms with E-state index in [1.165, 1.54) is 19.3 Å². The van der Waals surface area contributed by atoms with Gasteiger partial charge in [0.2, 0.25) is 4.77 Å². The van der Waals surface area contributed by atoms with Crippen LogP contribution in [0.3, 0.4) is 0 Å². The Morgan fingerprint density at radius 3 is 2.73 bits per heavy atom. The predicted molar refractivity (Wildman–Crippen MR) is 63.2 cm³/mol. The van der Waals surface area contributed by atoms with Gasteiger partial charge in [-0.25, -0.2) is 4.68 Å². The fourth-order valence-electron chi connectivity index (χ4n) is 2.08. The number of hydrogen-bond donors (Lipinski definition) is 1. The molecule has 0 saturated carbocycles. The maximum atomic E-state index is 5.27. The number of H-pyrrole nitrogens is 1. The van der Waals surface area contributed by atoms with Gasteiger partial charge in [-0.3, -0.25) is 5.10 Å². The van der Waals surface area contributed by atoms with Crippen LogP contribution in [0.1, 0.15) is 38.4 Å². The fraction of sp³-hybridized carbons (Fsp3) is 0.800. The first kappa shape index (κ1) is 10.7. The van der Waals surface area contributed by atoms with Crippen LogP contribution in [0.25, 0.3) is 0 Å². The molecule has 1 fully saturated rings. The highest BCUT2D eigenvalue weighted by Gasteiger charge is 2.15. The molecule has 0 radical (unpaired) electrons. The maximum absolute atomic E-state index is 5.27. The van der Waals surface area contributed by atoms with Crippen molar-refractivity contribution >= 4 is 12.2 Å². The van der Waals surface area contributed by atoms with Crippen molar-refractivity contribution in [2.75, 3.05) is 18.1 Å². The van der Waals surface area contributed by atoms with Crippen molar-refractivity contribution in [2.45, 2.75) is 39.0 Å². The van der Waals surface area contributed by atoms with E-state index in [0.717, 1.165) is 36.5 Å². The molecule has 1 aromatic rings. The molecule has 0 bridgehead atoms. The van der Waals surface area contributed by atoms with Gasteiger partial charge in [0.25, 0.3) is 0 Å². The van der Waals surface area contributed by atoms with Crippen molar-refractivity contribution < 1.29 is 0 Å². The van der Waals surface area contributed by atoms with Gasteiger partial charge in [0.15, 0.2) is 5.82 Å². The van der Waals surface area contributed by atoms with E-state index >= 15 is 0 Å². The van der Waals surface area contributed by atoms with E-state index in [4.69, 9.17) is 12.2 Å². The van der Waals surface area contributed by atoms with Crippen LogP contribution in [-0.2, 0) is 6.42 Å². The smallest absolute Gasteiger partial charge is 0.214 e. The highest BCUT2D eigenvalue weighted by Crippen LogP contribution is 2.10. The standard InChI is InChI=1S/C10H18N4S/c1-2-6-9-11-12-10(15)14(9)13-7-4-3-5-8-13/h2-8H2,1H3,(H,12,15). The molecule has 4 nitrogen and oxygen atoms in total. The van der Waals surface area contributed by atoms with Crippen LogP contribution in [-0.4, -0.2) is 28.0 Å². The Labute approximate surface area is 95.3 Å². The molecule has 0 aromatic carbocycles. The van der Waals surface area contributed by atoms with E-state index in [1.54, 1.807) is 0 Å². The van der Waals surface area contributed by atoms with Crippen LogP contribution < -0.4 is 5.01 Å².